The Morgan fingerprint density at radius 3 is 2.53 bits per heavy atom. The number of sulfonamides is 1. The number of amides is 2. The number of nitrogens with one attached hydrogen (secondary N) is 2. The minimum atomic E-state index is -3.91. The monoisotopic (exact) mass is 431 g/mol. The molecule has 30 heavy (non-hydrogen) atoms. The van der Waals surface area contributed by atoms with Crippen LogP contribution in [-0.4, -0.2) is 47.0 Å². The lowest BCUT2D eigenvalue weighted by Crippen LogP contribution is -2.27. The standard InChI is InChI=1S/C21H25N3O5S/c1-29-15-5-13-22-21(26)18-6-2-3-7-19(18)23-30(27,28)17-11-9-16(10-12-17)24-14-4-8-20(24)25/h2-3,6-7,9-12,23H,4-5,8,13-15H2,1H3,(H,22,26). The first-order chi connectivity index (χ1) is 14.4. The molecule has 1 heterocycles. The van der Waals surface area contributed by atoms with Gasteiger partial charge in [-0.2, -0.15) is 0 Å². The van der Waals surface area contributed by atoms with E-state index in [1.165, 1.54) is 12.1 Å². The van der Waals surface area contributed by atoms with Crippen molar-refractivity contribution in [2.45, 2.75) is 24.2 Å². The van der Waals surface area contributed by atoms with Gasteiger partial charge in [-0.05, 0) is 49.2 Å². The number of ether oxygens (including phenoxy) is 1. The maximum Gasteiger partial charge on any atom is 0.261 e. The van der Waals surface area contributed by atoms with E-state index in [-0.39, 0.29) is 28.0 Å². The van der Waals surface area contributed by atoms with Crippen LogP contribution in [0.5, 0.6) is 0 Å². The predicted molar refractivity (Wildman–Crippen MR) is 114 cm³/mol. The van der Waals surface area contributed by atoms with Crippen molar-refractivity contribution in [2.24, 2.45) is 0 Å². The number of carbonyl (C=O) groups excluding carboxylic acids is 2. The molecular formula is C21H25N3O5S. The fraction of sp³-hybridized carbons (Fsp3) is 0.333. The highest BCUT2D eigenvalue weighted by Gasteiger charge is 2.23. The van der Waals surface area contributed by atoms with Crippen LogP contribution in [0.25, 0.3) is 0 Å². The van der Waals surface area contributed by atoms with E-state index in [1.54, 1.807) is 48.4 Å². The Hall–Kier alpha value is -2.91. The Bertz CT molecular complexity index is 1010. The lowest BCUT2D eigenvalue weighted by Gasteiger charge is -2.16. The van der Waals surface area contributed by atoms with Crippen LogP contribution < -0.4 is 14.9 Å². The van der Waals surface area contributed by atoms with Gasteiger partial charge in [-0.25, -0.2) is 8.42 Å². The number of nitrogens with zero attached hydrogens (tertiary/aromatic N) is 1. The number of methoxy groups -OCH3 is 1. The predicted octanol–water partition coefficient (Wildman–Crippen LogP) is 2.38. The van der Waals surface area contributed by atoms with E-state index in [4.69, 9.17) is 4.74 Å². The van der Waals surface area contributed by atoms with Crippen LogP contribution in [0.3, 0.4) is 0 Å². The van der Waals surface area contributed by atoms with Crippen molar-refractivity contribution in [3.05, 3.63) is 54.1 Å². The molecule has 0 aliphatic carbocycles. The molecular weight excluding hydrogens is 406 g/mol. The number of anilines is 2. The molecule has 0 spiro atoms. The molecule has 8 nitrogen and oxygen atoms in total. The van der Waals surface area contributed by atoms with Crippen LogP contribution >= 0.6 is 0 Å². The van der Waals surface area contributed by atoms with Gasteiger partial charge in [0.25, 0.3) is 15.9 Å². The topological polar surface area (TPSA) is 105 Å². The molecule has 2 aromatic carbocycles. The summed E-state index contributed by atoms with van der Waals surface area (Å²) in [6.07, 6.45) is 1.96. The van der Waals surface area contributed by atoms with E-state index in [1.807, 2.05) is 0 Å². The van der Waals surface area contributed by atoms with Gasteiger partial charge in [-0.3, -0.25) is 14.3 Å². The largest absolute Gasteiger partial charge is 0.385 e. The molecule has 0 radical (unpaired) electrons. The van der Waals surface area contributed by atoms with Gasteiger partial charge in [0.15, 0.2) is 0 Å². The van der Waals surface area contributed by atoms with Gasteiger partial charge in [0.2, 0.25) is 5.91 Å². The summed E-state index contributed by atoms with van der Waals surface area (Å²) in [6.45, 7) is 1.58. The summed E-state index contributed by atoms with van der Waals surface area (Å²) in [5.41, 5.74) is 1.10. The number of rotatable bonds is 9. The molecule has 1 saturated heterocycles. The fourth-order valence-electron chi connectivity index (χ4n) is 3.21. The zero-order valence-electron chi connectivity index (χ0n) is 16.8. The Kier molecular flexibility index (Phi) is 7.07. The number of hydrogen-bond donors (Lipinski definition) is 2. The Morgan fingerprint density at radius 2 is 1.87 bits per heavy atom. The average Bonchev–Trinajstić information content (AvgIpc) is 3.17. The first-order valence-electron chi connectivity index (χ1n) is 9.72. The Morgan fingerprint density at radius 1 is 1.13 bits per heavy atom. The zero-order valence-corrected chi connectivity index (χ0v) is 17.6. The maximum atomic E-state index is 12.8. The summed E-state index contributed by atoms with van der Waals surface area (Å²) in [5, 5.41) is 2.75. The number of benzene rings is 2. The van der Waals surface area contributed by atoms with Gasteiger partial charge >= 0.3 is 0 Å². The second-order valence-corrected chi connectivity index (χ2v) is 8.58. The van der Waals surface area contributed by atoms with Crippen molar-refractivity contribution in [2.75, 3.05) is 36.4 Å². The molecule has 0 atom stereocenters. The third-order valence-electron chi connectivity index (χ3n) is 4.76. The summed E-state index contributed by atoms with van der Waals surface area (Å²) in [4.78, 5) is 26.0. The average molecular weight is 432 g/mol. The number of carbonyl (C=O) groups is 2. The van der Waals surface area contributed by atoms with Crippen molar-refractivity contribution in [3.63, 3.8) is 0 Å². The van der Waals surface area contributed by atoms with Crippen molar-refractivity contribution < 1.29 is 22.7 Å². The third kappa shape index (κ3) is 5.17. The van der Waals surface area contributed by atoms with Gasteiger partial charge in [-0.15, -0.1) is 0 Å². The smallest absolute Gasteiger partial charge is 0.261 e. The molecule has 0 unspecified atom stereocenters. The highest BCUT2D eigenvalue weighted by atomic mass is 32.2. The molecule has 1 fully saturated rings. The van der Waals surface area contributed by atoms with Gasteiger partial charge in [0.05, 0.1) is 16.1 Å². The van der Waals surface area contributed by atoms with E-state index in [0.29, 0.717) is 38.2 Å². The fourth-order valence-corrected chi connectivity index (χ4v) is 4.29. The summed E-state index contributed by atoms with van der Waals surface area (Å²) in [5.74, 6) is -0.332. The number of para-hydroxylation sites is 1. The van der Waals surface area contributed by atoms with Gasteiger partial charge in [0.1, 0.15) is 0 Å². The van der Waals surface area contributed by atoms with Crippen molar-refractivity contribution in [1.29, 1.82) is 0 Å². The molecule has 0 aromatic heterocycles. The molecule has 1 aliphatic heterocycles. The summed E-state index contributed by atoms with van der Waals surface area (Å²) < 4.78 is 33.1. The van der Waals surface area contributed by atoms with E-state index >= 15 is 0 Å². The van der Waals surface area contributed by atoms with Crippen LogP contribution in [0, 0.1) is 0 Å². The van der Waals surface area contributed by atoms with Gasteiger partial charge in [-0.1, -0.05) is 12.1 Å². The van der Waals surface area contributed by atoms with Crippen LogP contribution in [-0.2, 0) is 19.6 Å². The van der Waals surface area contributed by atoms with E-state index in [0.717, 1.165) is 6.42 Å². The van der Waals surface area contributed by atoms with Gasteiger partial charge < -0.3 is 15.0 Å². The molecule has 9 heteroatoms. The molecule has 2 N–H and O–H groups in total. The lowest BCUT2D eigenvalue weighted by molar-refractivity contribution is -0.117. The highest BCUT2D eigenvalue weighted by molar-refractivity contribution is 7.92. The summed E-state index contributed by atoms with van der Waals surface area (Å²) in [6, 6.07) is 12.6. The minimum Gasteiger partial charge on any atom is -0.385 e. The first kappa shape index (κ1) is 21.8. The molecule has 1 aliphatic rings. The summed E-state index contributed by atoms with van der Waals surface area (Å²) in [7, 11) is -2.32. The van der Waals surface area contributed by atoms with Crippen LogP contribution in [0.2, 0.25) is 0 Å². The van der Waals surface area contributed by atoms with E-state index in [2.05, 4.69) is 10.0 Å². The summed E-state index contributed by atoms with van der Waals surface area (Å²) >= 11 is 0. The molecule has 2 amide bonds. The third-order valence-corrected chi connectivity index (χ3v) is 6.14. The molecule has 0 bridgehead atoms. The molecule has 3 rings (SSSR count). The first-order valence-corrected chi connectivity index (χ1v) is 11.2. The molecule has 2 aromatic rings. The van der Waals surface area contributed by atoms with Crippen molar-refractivity contribution in [1.82, 2.24) is 5.32 Å². The van der Waals surface area contributed by atoms with Crippen molar-refractivity contribution >= 4 is 33.2 Å². The normalized spacial score (nSPS) is 14.0. The minimum absolute atomic E-state index is 0.0363. The Balaban J connectivity index is 1.74. The Labute approximate surface area is 176 Å². The van der Waals surface area contributed by atoms with E-state index < -0.39 is 10.0 Å². The lowest BCUT2D eigenvalue weighted by atomic mass is 10.1. The number of hydrogen-bond acceptors (Lipinski definition) is 5. The second kappa shape index (κ2) is 9.73. The second-order valence-electron chi connectivity index (χ2n) is 6.90. The molecule has 160 valence electrons. The van der Waals surface area contributed by atoms with Crippen molar-refractivity contribution in [3.8, 4) is 0 Å². The van der Waals surface area contributed by atoms with Crippen LogP contribution in [0.4, 0.5) is 11.4 Å². The van der Waals surface area contributed by atoms with Gasteiger partial charge in [0, 0.05) is 38.9 Å². The van der Waals surface area contributed by atoms with E-state index in [9.17, 15) is 18.0 Å². The maximum absolute atomic E-state index is 12.8. The highest BCUT2D eigenvalue weighted by Crippen LogP contribution is 2.25. The molecule has 0 saturated carbocycles. The zero-order chi connectivity index (χ0) is 21.6. The SMILES string of the molecule is COCCCNC(=O)c1ccccc1NS(=O)(=O)c1ccc(N2CCCC2=O)cc1. The van der Waals surface area contributed by atoms with Crippen LogP contribution in [0.15, 0.2) is 53.4 Å². The van der Waals surface area contributed by atoms with Crippen LogP contribution in [0.1, 0.15) is 29.6 Å². The quantitative estimate of drug-likeness (QED) is 0.593.